The van der Waals surface area contributed by atoms with E-state index in [4.69, 9.17) is 5.73 Å². The van der Waals surface area contributed by atoms with Crippen molar-refractivity contribution < 1.29 is 18.0 Å². The fourth-order valence-corrected chi connectivity index (χ4v) is 4.31. The number of alkyl halides is 3. The van der Waals surface area contributed by atoms with Crippen LogP contribution in [0.1, 0.15) is 49.7 Å². The number of carbonyl (C=O) groups excluding carboxylic acids is 1. The summed E-state index contributed by atoms with van der Waals surface area (Å²) in [6, 6.07) is 6.20. The molecule has 4 nitrogen and oxygen atoms in total. The van der Waals surface area contributed by atoms with Crippen LogP contribution >= 0.6 is 0 Å². The number of benzene rings is 1. The van der Waals surface area contributed by atoms with Gasteiger partial charge in [-0.1, -0.05) is 37.1 Å². The maximum atomic E-state index is 13.7. The number of hydrogen-bond donors (Lipinski definition) is 1. The van der Waals surface area contributed by atoms with Gasteiger partial charge in [-0.05, 0) is 18.4 Å². The van der Waals surface area contributed by atoms with Crippen molar-refractivity contribution in [1.82, 2.24) is 4.90 Å². The number of nitrogens with zero attached hydrogens (tertiary/aromatic N) is 2. The molecule has 140 valence electrons. The van der Waals surface area contributed by atoms with Crippen LogP contribution in [0.25, 0.3) is 0 Å². The summed E-state index contributed by atoms with van der Waals surface area (Å²) >= 11 is 0. The van der Waals surface area contributed by atoms with Gasteiger partial charge in [-0.25, -0.2) is 13.2 Å². The zero-order valence-corrected chi connectivity index (χ0v) is 14.4. The first kappa shape index (κ1) is 18.7. The average molecular weight is 365 g/mol. The van der Waals surface area contributed by atoms with E-state index >= 15 is 0 Å². The molecular formula is C19H22F3N3O. The number of hydrogen-bond acceptors (Lipinski definition) is 3. The average Bonchev–Trinajstić information content (AvgIpc) is 3.28. The summed E-state index contributed by atoms with van der Waals surface area (Å²) < 4.78 is 39.4. The van der Waals surface area contributed by atoms with Gasteiger partial charge in [0.15, 0.2) is 0 Å². The lowest BCUT2D eigenvalue weighted by atomic mass is 9.72. The lowest BCUT2D eigenvalue weighted by molar-refractivity contribution is -0.134. The van der Waals surface area contributed by atoms with E-state index in [0.29, 0.717) is 12.8 Å². The Morgan fingerprint density at radius 3 is 2.42 bits per heavy atom. The Balaban J connectivity index is 1.89. The molecule has 1 aromatic carbocycles. The van der Waals surface area contributed by atoms with E-state index in [2.05, 4.69) is 0 Å². The molecule has 2 aliphatic rings. The minimum absolute atomic E-state index is 0.00501. The number of nitrogens with two attached hydrogens (primary N) is 1. The number of halogens is 3. The van der Waals surface area contributed by atoms with Crippen LogP contribution in [0.15, 0.2) is 24.3 Å². The molecule has 2 N–H and O–H groups in total. The van der Waals surface area contributed by atoms with Crippen molar-refractivity contribution in [2.75, 3.05) is 6.54 Å². The molecule has 1 heterocycles. The second-order valence-electron chi connectivity index (χ2n) is 7.23. The van der Waals surface area contributed by atoms with Gasteiger partial charge < -0.3 is 10.6 Å². The molecule has 1 aliphatic heterocycles. The zero-order chi connectivity index (χ0) is 18.9. The largest absolute Gasteiger partial charge is 0.322 e. The highest BCUT2D eigenvalue weighted by Gasteiger charge is 2.48. The highest BCUT2D eigenvalue weighted by Crippen LogP contribution is 2.44. The smallest absolute Gasteiger partial charge is 0.263 e. The molecular weight excluding hydrogens is 343 g/mol. The van der Waals surface area contributed by atoms with Crippen LogP contribution in [0.3, 0.4) is 0 Å². The summed E-state index contributed by atoms with van der Waals surface area (Å²) in [5.41, 5.74) is 6.37. The number of likely N-dealkylation sites (tertiary alicyclic amines) is 1. The maximum absolute atomic E-state index is 13.7. The summed E-state index contributed by atoms with van der Waals surface area (Å²) in [5, 5.41) is 9.19. The molecule has 2 fully saturated rings. The van der Waals surface area contributed by atoms with Gasteiger partial charge in [0, 0.05) is 17.4 Å². The minimum atomic E-state index is -2.55. The molecule has 1 saturated heterocycles. The molecule has 0 spiro atoms. The summed E-state index contributed by atoms with van der Waals surface area (Å²) in [6.45, 7) is -0.120. The molecule has 0 aromatic heterocycles. The van der Waals surface area contributed by atoms with Gasteiger partial charge in [0.05, 0.1) is 18.7 Å². The molecule has 1 aromatic rings. The first-order valence-corrected chi connectivity index (χ1v) is 8.87. The molecule has 26 heavy (non-hydrogen) atoms. The first-order valence-electron chi connectivity index (χ1n) is 8.87. The SMILES string of the molecule is N#CC1CC(F)CN1C(=O)C(N)C1(c2ccc(C(F)F)cc2)CCCC1. The monoisotopic (exact) mass is 365 g/mol. The van der Waals surface area contributed by atoms with E-state index in [-0.39, 0.29) is 18.5 Å². The second-order valence-corrected chi connectivity index (χ2v) is 7.23. The molecule has 1 aliphatic carbocycles. The van der Waals surface area contributed by atoms with E-state index < -0.39 is 36.0 Å². The third kappa shape index (κ3) is 3.18. The summed E-state index contributed by atoms with van der Waals surface area (Å²) in [4.78, 5) is 14.2. The first-order chi connectivity index (χ1) is 12.4. The van der Waals surface area contributed by atoms with Crippen LogP contribution in [-0.4, -0.2) is 35.6 Å². The summed E-state index contributed by atoms with van der Waals surface area (Å²) in [5.74, 6) is -0.434. The van der Waals surface area contributed by atoms with Gasteiger partial charge in [-0.2, -0.15) is 5.26 Å². The standard InChI is InChI=1S/C19H22F3N3O/c20-14-9-15(10-23)25(11-14)18(26)16(24)19(7-1-2-8-19)13-5-3-12(4-6-13)17(21)22/h3-6,14-17H,1-2,7-9,11,24H2. The fourth-order valence-electron chi connectivity index (χ4n) is 4.31. The van der Waals surface area contributed by atoms with Crippen LogP contribution in [-0.2, 0) is 10.2 Å². The number of nitriles is 1. The van der Waals surface area contributed by atoms with Crippen molar-refractivity contribution in [3.63, 3.8) is 0 Å². The molecule has 3 atom stereocenters. The normalized spacial score (nSPS) is 26.1. The summed E-state index contributed by atoms with van der Waals surface area (Å²) in [7, 11) is 0. The summed E-state index contributed by atoms with van der Waals surface area (Å²) in [6.07, 6.45) is -0.682. The highest BCUT2D eigenvalue weighted by molar-refractivity contribution is 5.84. The van der Waals surface area contributed by atoms with Crippen molar-refractivity contribution in [3.05, 3.63) is 35.4 Å². The van der Waals surface area contributed by atoms with E-state index in [9.17, 15) is 23.2 Å². The Labute approximate surface area is 150 Å². The number of amides is 1. The van der Waals surface area contributed by atoms with Crippen LogP contribution in [0.4, 0.5) is 13.2 Å². The topological polar surface area (TPSA) is 70.1 Å². The molecule has 1 saturated carbocycles. The van der Waals surface area contributed by atoms with Crippen molar-refractivity contribution in [2.24, 2.45) is 5.73 Å². The van der Waals surface area contributed by atoms with Crippen LogP contribution in [0.2, 0.25) is 0 Å². The Morgan fingerprint density at radius 1 is 1.27 bits per heavy atom. The quantitative estimate of drug-likeness (QED) is 0.891. The van der Waals surface area contributed by atoms with Gasteiger partial charge >= 0.3 is 0 Å². The van der Waals surface area contributed by atoms with Gasteiger partial charge in [0.1, 0.15) is 12.2 Å². The molecule has 1 amide bonds. The van der Waals surface area contributed by atoms with E-state index in [1.54, 1.807) is 12.1 Å². The fraction of sp³-hybridized carbons (Fsp3) is 0.579. The lowest BCUT2D eigenvalue weighted by Gasteiger charge is -2.37. The van der Waals surface area contributed by atoms with Crippen LogP contribution < -0.4 is 5.73 Å². The van der Waals surface area contributed by atoms with E-state index in [1.807, 2.05) is 6.07 Å². The zero-order valence-electron chi connectivity index (χ0n) is 14.4. The number of rotatable bonds is 4. The third-order valence-electron chi connectivity index (χ3n) is 5.78. The van der Waals surface area contributed by atoms with E-state index in [0.717, 1.165) is 18.4 Å². The Bertz CT molecular complexity index is 695. The molecule has 3 unspecified atom stereocenters. The van der Waals surface area contributed by atoms with Gasteiger partial charge in [-0.15, -0.1) is 0 Å². The number of carbonyl (C=O) groups is 1. The second kappa shape index (κ2) is 7.28. The Kier molecular flexibility index (Phi) is 5.24. The molecule has 7 heteroatoms. The van der Waals surface area contributed by atoms with Gasteiger partial charge in [-0.3, -0.25) is 4.79 Å². The van der Waals surface area contributed by atoms with Gasteiger partial charge in [0.2, 0.25) is 5.91 Å². The van der Waals surface area contributed by atoms with Crippen LogP contribution in [0, 0.1) is 11.3 Å². The van der Waals surface area contributed by atoms with Gasteiger partial charge in [0.25, 0.3) is 6.43 Å². The highest BCUT2D eigenvalue weighted by atomic mass is 19.3. The predicted molar refractivity (Wildman–Crippen MR) is 90.1 cm³/mol. The molecule has 0 radical (unpaired) electrons. The van der Waals surface area contributed by atoms with Crippen molar-refractivity contribution in [2.45, 2.75) is 62.2 Å². The Hall–Kier alpha value is -2.07. The van der Waals surface area contributed by atoms with Crippen LogP contribution in [0.5, 0.6) is 0 Å². The maximum Gasteiger partial charge on any atom is 0.263 e. The van der Waals surface area contributed by atoms with Crippen molar-refractivity contribution >= 4 is 5.91 Å². The Morgan fingerprint density at radius 2 is 1.88 bits per heavy atom. The third-order valence-corrected chi connectivity index (χ3v) is 5.78. The van der Waals surface area contributed by atoms with Crippen molar-refractivity contribution in [1.29, 1.82) is 5.26 Å². The van der Waals surface area contributed by atoms with Crippen molar-refractivity contribution in [3.8, 4) is 6.07 Å². The minimum Gasteiger partial charge on any atom is -0.322 e. The molecule has 3 rings (SSSR count). The lowest BCUT2D eigenvalue weighted by Crippen LogP contribution is -2.55. The molecule has 0 bridgehead atoms. The van der Waals surface area contributed by atoms with E-state index in [1.165, 1.54) is 17.0 Å². The predicted octanol–water partition coefficient (Wildman–Crippen LogP) is 3.23.